The number of amides is 1. The van der Waals surface area contributed by atoms with Gasteiger partial charge in [0.2, 0.25) is 5.91 Å². The van der Waals surface area contributed by atoms with Gasteiger partial charge in [-0.2, -0.15) is 0 Å². The Morgan fingerprint density at radius 2 is 1.74 bits per heavy atom. The Kier molecular flexibility index (Phi) is 6.50. The maximum absolute atomic E-state index is 12.0. The third-order valence-electron chi connectivity index (χ3n) is 3.00. The molecule has 0 aliphatic carbocycles. The minimum absolute atomic E-state index is 0.0951. The first-order valence-electron chi connectivity index (χ1n) is 6.91. The molecule has 1 amide bonds. The van der Waals surface area contributed by atoms with Crippen LogP contribution in [-0.4, -0.2) is 24.7 Å². The number of rotatable bonds is 6. The maximum atomic E-state index is 12.0. The lowest BCUT2D eigenvalue weighted by atomic mass is 10.1. The van der Waals surface area contributed by atoms with Gasteiger partial charge in [-0.25, -0.2) is 0 Å². The first kappa shape index (κ1) is 17.4. The van der Waals surface area contributed by atoms with Gasteiger partial charge in [-0.3, -0.25) is 9.59 Å². The molecule has 0 saturated heterocycles. The number of carbonyl (C=O) groups excluding carboxylic acids is 2. The summed E-state index contributed by atoms with van der Waals surface area (Å²) in [6, 6.07) is 14.5. The molecule has 2 aromatic rings. The summed E-state index contributed by atoms with van der Waals surface area (Å²) in [5.74, 6) is -0.101. The number of nitrogens with one attached hydrogen (secondary N) is 1. The van der Waals surface area contributed by atoms with Crippen molar-refractivity contribution >= 4 is 40.9 Å². The Balaban J connectivity index is 1.86. The van der Waals surface area contributed by atoms with Gasteiger partial charge in [-0.1, -0.05) is 23.7 Å². The van der Waals surface area contributed by atoms with Crippen LogP contribution in [0.4, 0.5) is 5.69 Å². The molecule has 2 aromatic carbocycles. The second kappa shape index (κ2) is 8.60. The van der Waals surface area contributed by atoms with Gasteiger partial charge in [0.25, 0.3) is 0 Å². The van der Waals surface area contributed by atoms with Crippen molar-refractivity contribution in [2.45, 2.75) is 11.3 Å². The van der Waals surface area contributed by atoms with Crippen LogP contribution in [0.2, 0.25) is 5.02 Å². The molecule has 0 unspecified atom stereocenters. The van der Waals surface area contributed by atoms with Gasteiger partial charge in [0.1, 0.15) is 0 Å². The number of carbonyl (C=O) groups is 2. The number of hydrogen-bond donors (Lipinski definition) is 1. The van der Waals surface area contributed by atoms with Gasteiger partial charge in [0.15, 0.2) is 0 Å². The molecule has 0 spiro atoms. The molecule has 0 bridgehead atoms. The zero-order valence-electron chi connectivity index (χ0n) is 12.5. The number of halogens is 1. The Labute approximate surface area is 144 Å². The molecular weight excluding hydrogens is 334 g/mol. The smallest absolute Gasteiger partial charge is 0.315 e. The SMILES string of the molecule is COC(=O)CSc1ccc(NC(=O)Cc2ccc(Cl)cc2)cc1. The van der Waals surface area contributed by atoms with E-state index in [2.05, 4.69) is 10.1 Å². The van der Waals surface area contributed by atoms with Gasteiger partial charge in [0, 0.05) is 15.6 Å². The second-order valence-electron chi connectivity index (χ2n) is 4.74. The highest BCUT2D eigenvalue weighted by Gasteiger charge is 2.05. The fourth-order valence-corrected chi connectivity index (χ4v) is 2.69. The lowest BCUT2D eigenvalue weighted by Crippen LogP contribution is -2.14. The monoisotopic (exact) mass is 349 g/mol. The summed E-state index contributed by atoms with van der Waals surface area (Å²) in [5, 5.41) is 3.48. The first-order valence-corrected chi connectivity index (χ1v) is 8.27. The van der Waals surface area contributed by atoms with Crippen molar-refractivity contribution in [1.29, 1.82) is 0 Å². The first-order chi connectivity index (χ1) is 11.1. The molecule has 0 aliphatic rings. The Bertz CT molecular complexity index is 671. The molecule has 23 heavy (non-hydrogen) atoms. The van der Waals surface area contributed by atoms with Crippen LogP contribution in [0.15, 0.2) is 53.4 Å². The van der Waals surface area contributed by atoms with E-state index in [0.717, 1.165) is 10.5 Å². The fourth-order valence-electron chi connectivity index (χ4n) is 1.83. The number of ether oxygens (including phenoxy) is 1. The zero-order valence-corrected chi connectivity index (χ0v) is 14.1. The highest BCUT2D eigenvalue weighted by atomic mass is 35.5. The van der Waals surface area contributed by atoms with Crippen LogP contribution in [0.25, 0.3) is 0 Å². The zero-order chi connectivity index (χ0) is 16.7. The Hall–Kier alpha value is -1.98. The van der Waals surface area contributed by atoms with E-state index in [1.165, 1.54) is 18.9 Å². The Morgan fingerprint density at radius 1 is 1.09 bits per heavy atom. The van der Waals surface area contributed by atoms with Crippen molar-refractivity contribution in [2.75, 3.05) is 18.2 Å². The lowest BCUT2D eigenvalue weighted by Gasteiger charge is -2.07. The minimum Gasteiger partial charge on any atom is -0.468 e. The van der Waals surface area contributed by atoms with E-state index >= 15 is 0 Å². The number of thioether (sulfide) groups is 1. The number of hydrogen-bond acceptors (Lipinski definition) is 4. The molecule has 0 aromatic heterocycles. The predicted octanol–water partition coefficient (Wildman–Crippen LogP) is 3.79. The molecule has 2 rings (SSSR count). The van der Waals surface area contributed by atoms with Crippen LogP contribution in [0, 0.1) is 0 Å². The molecular formula is C17H16ClNO3S. The molecule has 4 nitrogen and oxygen atoms in total. The average Bonchev–Trinajstić information content (AvgIpc) is 2.56. The van der Waals surface area contributed by atoms with Crippen molar-refractivity contribution in [1.82, 2.24) is 0 Å². The highest BCUT2D eigenvalue weighted by Crippen LogP contribution is 2.20. The van der Waals surface area contributed by atoms with Crippen molar-refractivity contribution in [3.63, 3.8) is 0 Å². The van der Waals surface area contributed by atoms with Crippen LogP contribution in [0.1, 0.15) is 5.56 Å². The van der Waals surface area contributed by atoms with E-state index in [-0.39, 0.29) is 24.1 Å². The van der Waals surface area contributed by atoms with Crippen LogP contribution < -0.4 is 5.32 Å². The molecule has 0 radical (unpaired) electrons. The molecule has 1 N–H and O–H groups in total. The maximum Gasteiger partial charge on any atom is 0.315 e. The molecule has 0 saturated carbocycles. The van der Waals surface area contributed by atoms with Crippen LogP contribution in [0.5, 0.6) is 0 Å². The van der Waals surface area contributed by atoms with E-state index in [9.17, 15) is 9.59 Å². The summed E-state index contributed by atoms with van der Waals surface area (Å²) in [4.78, 5) is 24.0. The Morgan fingerprint density at radius 3 is 2.35 bits per heavy atom. The number of benzene rings is 2. The predicted molar refractivity (Wildman–Crippen MR) is 93.0 cm³/mol. The van der Waals surface area contributed by atoms with Crippen molar-refractivity contribution in [2.24, 2.45) is 0 Å². The topological polar surface area (TPSA) is 55.4 Å². The molecule has 0 heterocycles. The molecule has 0 atom stereocenters. The third-order valence-corrected chi connectivity index (χ3v) is 4.24. The van der Waals surface area contributed by atoms with Crippen molar-refractivity contribution in [3.05, 3.63) is 59.1 Å². The summed E-state index contributed by atoms with van der Waals surface area (Å²) in [5.41, 5.74) is 1.61. The highest BCUT2D eigenvalue weighted by molar-refractivity contribution is 8.00. The normalized spacial score (nSPS) is 10.2. The van der Waals surface area contributed by atoms with Gasteiger partial charge >= 0.3 is 5.97 Å². The van der Waals surface area contributed by atoms with Gasteiger partial charge in [-0.05, 0) is 42.0 Å². The minimum atomic E-state index is -0.268. The van der Waals surface area contributed by atoms with Crippen molar-refractivity contribution in [3.8, 4) is 0 Å². The summed E-state index contributed by atoms with van der Waals surface area (Å²) < 4.78 is 4.59. The van der Waals surface area contributed by atoms with Gasteiger partial charge in [0.05, 0.1) is 19.3 Å². The summed E-state index contributed by atoms with van der Waals surface area (Å²) in [6.07, 6.45) is 0.288. The third kappa shape index (κ3) is 5.96. The number of esters is 1. The number of anilines is 1. The van der Waals surface area contributed by atoms with E-state index in [1.807, 2.05) is 24.3 Å². The molecule has 0 aliphatic heterocycles. The average molecular weight is 350 g/mol. The molecule has 120 valence electrons. The summed E-state index contributed by atoms with van der Waals surface area (Å²) in [6.45, 7) is 0. The van der Waals surface area contributed by atoms with Crippen molar-refractivity contribution < 1.29 is 14.3 Å². The number of methoxy groups -OCH3 is 1. The summed E-state index contributed by atoms with van der Waals surface area (Å²) >= 11 is 7.20. The van der Waals surface area contributed by atoms with E-state index < -0.39 is 0 Å². The second-order valence-corrected chi connectivity index (χ2v) is 6.23. The van der Waals surface area contributed by atoms with Crippen LogP contribution >= 0.6 is 23.4 Å². The molecule has 0 fully saturated rings. The van der Waals surface area contributed by atoms with Gasteiger partial charge in [-0.15, -0.1) is 11.8 Å². The quantitative estimate of drug-likeness (QED) is 0.637. The van der Waals surface area contributed by atoms with Gasteiger partial charge < -0.3 is 10.1 Å². The summed E-state index contributed by atoms with van der Waals surface area (Å²) in [7, 11) is 1.36. The fraction of sp³-hybridized carbons (Fsp3) is 0.176. The lowest BCUT2D eigenvalue weighted by molar-refractivity contribution is -0.137. The largest absolute Gasteiger partial charge is 0.468 e. The van der Waals surface area contributed by atoms with E-state index in [0.29, 0.717) is 10.7 Å². The van der Waals surface area contributed by atoms with Crippen LogP contribution in [-0.2, 0) is 20.7 Å². The van der Waals surface area contributed by atoms with E-state index in [4.69, 9.17) is 11.6 Å². The van der Waals surface area contributed by atoms with E-state index in [1.54, 1.807) is 24.3 Å². The molecule has 6 heteroatoms. The van der Waals surface area contributed by atoms with Crippen LogP contribution in [0.3, 0.4) is 0 Å². The standard InChI is InChI=1S/C17H16ClNO3S/c1-22-17(21)11-23-15-8-6-14(7-9-15)19-16(20)10-12-2-4-13(18)5-3-12/h2-9H,10-11H2,1H3,(H,19,20).